The van der Waals surface area contributed by atoms with Gasteiger partial charge >= 0.3 is 0 Å². The molecule has 3 atom stereocenters. The van der Waals surface area contributed by atoms with Crippen molar-refractivity contribution in [3.63, 3.8) is 0 Å². The third-order valence-corrected chi connectivity index (χ3v) is 3.65. The maximum Gasteiger partial charge on any atom is 0.00133 e. The van der Waals surface area contributed by atoms with E-state index in [2.05, 4.69) is 48.5 Å². The molecule has 0 amide bonds. The van der Waals surface area contributed by atoms with Crippen molar-refractivity contribution < 1.29 is 0 Å². The topological polar surface area (TPSA) is 26.0 Å². The molecule has 16 heavy (non-hydrogen) atoms. The fraction of sp³-hybridized carbons (Fsp3) is 1.00. The van der Waals surface area contributed by atoms with Gasteiger partial charge in [0, 0.05) is 6.04 Å². The van der Waals surface area contributed by atoms with E-state index < -0.39 is 0 Å². The number of hydrogen-bond acceptors (Lipinski definition) is 1. The summed E-state index contributed by atoms with van der Waals surface area (Å²) >= 11 is 0. The number of hydrogen-bond donors (Lipinski definition) is 1. The summed E-state index contributed by atoms with van der Waals surface area (Å²) in [7, 11) is 0. The summed E-state index contributed by atoms with van der Waals surface area (Å²) in [4.78, 5) is 0. The van der Waals surface area contributed by atoms with E-state index in [0.29, 0.717) is 6.04 Å². The Morgan fingerprint density at radius 3 is 1.31 bits per heavy atom. The molecule has 0 fully saturated rings. The van der Waals surface area contributed by atoms with Crippen molar-refractivity contribution in [2.24, 2.45) is 35.3 Å². The highest BCUT2D eigenvalue weighted by molar-refractivity contribution is 4.79. The highest BCUT2D eigenvalue weighted by atomic mass is 14.6. The first-order chi connectivity index (χ1) is 7.25. The van der Waals surface area contributed by atoms with Gasteiger partial charge in [-0.3, -0.25) is 0 Å². The average molecular weight is 227 g/mol. The van der Waals surface area contributed by atoms with Crippen LogP contribution in [0.1, 0.15) is 61.3 Å². The number of rotatable bonds is 7. The average Bonchev–Trinajstić information content (AvgIpc) is 2.09. The minimum Gasteiger partial charge on any atom is -0.328 e. The monoisotopic (exact) mass is 227 g/mol. The molecule has 0 aromatic heterocycles. The van der Waals surface area contributed by atoms with Crippen LogP contribution in [-0.2, 0) is 0 Å². The second-order valence-corrected chi connectivity index (χ2v) is 6.66. The van der Waals surface area contributed by atoms with Gasteiger partial charge in [0.1, 0.15) is 0 Å². The normalized spacial score (nSPS) is 18.2. The van der Waals surface area contributed by atoms with Crippen LogP contribution in [-0.4, -0.2) is 6.04 Å². The summed E-state index contributed by atoms with van der Waals surface area (Å²) in [5.41, 5.74) is 6.00. The predicted octanol–water partition coefficient (Wildman–Crippen LogP) is 4.31. The van der Waals surface area contributed by atoms with Crippen molar-refractivity contribution in [3.8, 4) is 0 Å². The molecule has 0 heterocycles. The Morgan fingerprint density at radius 2 is 1.06 bits per heavy atom. The zero-order chi connectivity index (χ0) is 12.9. The van der Waals surface area contributed by atoms with Crippen molar-refractivity contribution >= 4 is 0 Å². The molecule has 0 aliphatic heterocycles. The van der Waals surface area contributed by atoms with Gasteiger partial charge in [0.2, 0.25) is 0 Å². The summed E-state index contributed by atoms with van der Waals surface area (Å²) in [5, 5.41) is 0. The molecule has 0 aromatic rings. The predicted molar refractivity (Wildman–Crippen MR) is 74.4 cm³/mol. The van der Waals surface area contributed by atoms with E-state index in [1.54, 1.807) is 0 Å². The van der Waals surface area contributed by atoms with Gasteiger partial charge in [0.15, 0.2) is 0 Å². The lowest BCUT2D eigenvalue weighted by molar-refractivity contribution is 0.151. The first-order valence-electron chi connectivity index (χ1n) is 7.01. The van der Waals surface area contributed by atoms with Crippen LogP contribution in [0.4, 0.5) is 0 Å². The first kappa shape index (κ1) is 16.0. The quantitative estimate of drug-likeness (QED) is 0.689. The molecule has 0 bridgehead atoms. The lowest BCUT2D eigenvalue weighted by atomic mass is 9.71. The smallest absolute Gasteiger partial charge is 0.00133 e. The van der Waals surface area contributed by atoms with Crippen LogP contribution in [0.5, 0.6) is 0 Å². The van der Waals surface area contributed by atoms with E-state index in [1.807, 2.05) is 0 Å². The molecule has 1 nitrogen and oxygen atoms in total. The zero-order valence-electron chi connectivity index (χ0n) is 12.5. The standard InChI is InChI=1S/C15H33N/c1-10(2)8-14(11(3)4)15(12(5)6)9-13(7)16/h10-15H,8-9,16H2,1-7H3. The summed E-state index contributed by atoms with van der Waals surface area (Å²) in [6, 6.07) is 0.334. The van der Waals surface area contributed by atoms with E-state index in [9.17, 15) is 0 Å². The van der Waals surface area contributed by atoms with Crippen molar-refractivity contribution in [1.29, 1.82) is 0 Å². The molecule has 0 saturated heterocycles. The van der Waals surface area contributed by atoms with Gasteiger partial charge in [-0.1, -0.05) is 41.5 Å². The molecule has 3 unspecified atom stereocenters. The molecular weight excluding hydrogens is 194 g/mol. The van der Waals surface area contributed by atoms with Gasteiger partial charge in [-0.25, -0.2) is 0 Å². The van der Waals surface area contributed by atoms with Crippen LogP contribution >= 0.6 is 0 Å². The maximum atomic E-state index is 6.00. The summed E-state index contributed by atoms with van der Waals surface area (Å²) in [5.74, 6) is 3.92. The summed E-state index contributed by atoms with van der Waals surface area (Å²) < 4.78 is 0. The minimum absolute atomic E-state index is 0.334. The Kier molecular flexibility index (Phi) is 7.30. The molecule has 0 radical (unpaired) electrons. The maximum absolute atomic E-state index is 6.00. The summed E-state index contributed by atoms with van der Waals surface area (Å²) in [6.07, 6.45) is 2.51. The van der Waals surface area contributed by atoms with Crippen molar-refractivity contribution in [2.45, 2.75) is 67.3 Å². The van der Waals surface area contributed by atoms with Gasteiger partial charge in [0.05, 0.1) is 0 Å². The van der Waals surface area contributed by atoms with Crippen LogP contribution in [0, 0.1) is 29.6 Å². The van der Waals surface area contributed by atoms with Crippen molar-refractivity contribution in [3.05, 3.63) is 0 Å². The minimum atomic E-state index is 0.334. The molecule has 0 aromatic carbocycles. The van der Waals surface area contributed by atoms with Crippen LogP contribution in [0.2, 0.25) is 0 Å². The Morgan fingerprint density at radius 1 is 0.688 bits per heavy atom. The Labute approximate surface area is 103 Å². The third kappa shape index (κ3) is 5.89. The second kappa shape index (κ2) is 7.32. The Bertz CT molecular complexity index is 150. The highest BCUT2D eigenvalue weighted by Gasteiger charge is 2.28. The lowest BCUT2D eigenvalue weighted by Crippen LogP contribution is -2.31. The van der Waals surface area contributed by atoms with Crippen LogP contribution in [0.25, 0.3) is 0 Å². The molecular formula is C15H33N. The fourth-order valence-corrected chi connectivity index (χ4v) is 2.86. The van der Waals surface area contributed by atoms with Gasteiger partial charge in [-0.05, 0) is 49.4 Å². The van der Waals surface area contributed by atoms with Gasteiger partial charge < -0.3 is 5.73 Å². The first-order valence-corrected chi connectivity index (χ1v) is 7.01. The van der Waals surface area contributed by atoms with E-state index in [1.165, 1.54) is 12.8 Å². The second-order valence-electron chi connectivity index (χ2n) is 6.66. The van der Waals surface area contributed by atoms with Crippen molar-refractivity contribution in [2.75, 3.05) is 0 Å². The fourth-order valence-electron chi connectivity index (χ4n) is 2.86. The van der Waals surface area contributed by atoms with E-state index in [4.69, 9.17) is 5.73 Å². The highest BCUT2D eigenvalue weighted by Crippen LogP contribution is 2.35. The third-order valence-electron chi connectivity index (χ3n) is 3.65. The Balaban J connectivity index is 4.66. The summed E-state index contributed by atoms with van der Waals surface area (Å²) in [6.45, 7) is 16.2. The van der Waals surface area contributed by atoms with E-state index >= 15 is 0 Å². The molecule has 2 N–H and O–H groups in total. The SMILES string of the molecule is CC(C)CC(C(C)C)C(CC(C)N)C(C)C. The zero-order valence-corrected chi connectivity index (χ0v) is 12.5. The van der Waals surface area contributed by atoms with Crippen molar-refractivity contribution in [1.82, 2.24) is 0 Å². The largest absolute Gasteiger partial charge is 0.328 e. The van der Waals surface area contributed by atoms with Gasteiger partial charge in [-0.2, -0.15) is 0 Å². The molecule has 0 rings (SSSR count). The van der Waals surface area contributed by atoms with E-state index in [0.717, 1.165) is 29.6 Å². The molecule has 98 valence electrons. The Hall–Kier alpha value is -0.0400. The van der Waals surface area contributed by atoms with Gasteiger partial charge in [-0.15, -0.1) is 0 Å². The molecule has 1 heteroatoms. The molecule has 0 aliphatic rings. The molecule has 0 spiro atoms. The van der Waals surface area contributed by atoms with Gasteiger partial charge in [0.25, 0.3) is 0 Å². The van der Waals surface area contributed by atoms with E-state index in [-0.39, 0.29) is 0 Å². The molecule has 0 saturated carbocycles. The van der Waals surface area contributed by atoms with Crippen LogP contribution in [0.15, 0.2) is 0 Å². The number of nitrogens with two attached hydrogens (primary N) is 1. The van der Waals surface area contributed by atoms with Crippen LogP contribution < -0.4 is 5.73 Å². The lowest BCUT2D eigenvalue weighted by Gasteiger charge is -2.35. The van der Waals surface area contributed by atoms with Crippen LogP contribution in [0.3, 0.4) is 0 Å². The molecule has 0 aliphatic carbocycles.